The van der Waals surface area contributed by atoms with Crippen molar-refractivity contribution in [2.24, 2.45) is 0 Å². The van der Waals surface area contributed by atoms with E-state index in [-0.39, 0.29) is 0 Å². The van der Waals surface area contributed by atoms with Gasteiger partial charge in [0.05, 0.1) is 0 Å². The minimum Gasteiger partial charge on any atom is -0.478 e. The lowest BCUT2D eigenvalue weighted by atomic mass is 9.99. The topological polar surface area (TPSA) is 81.1 Å². The van der Waals surface area contributed by atoms with E-state index in [0.717, 1.165) is 45.7 Å². The van der Waals surface area contributed by atoms with Gasteiger partial charge in [0.15, 0.2) is 0 Å². The molecule has 1 aliphatic heterocycles. The molecule has 6 nitrogen and oxygen atoms in total. The molecule has 0 spiro atoms. The molecule has 35 heavy (non-hydrogen) atoms. The Bertz CT molecular complexity index is 1080. The van der Waals surface area contributed by atoms with Crippen LogP contribution in [0.3, 0.4) is 0 Å². The Hall–Kier alpha value is -3.74. The van der Waals surface area contributed by atoms with Gasteiger partial charge in [0.25, 0.3) is 0 Å². The molecule has 6 heteroatoms. The summed E-state index contributed by atoms with van der Waals surface area (Å²) in [4.78, 5) is 24.3. The highest BCUT2D eigenvalue weighted by Gasteiger charge is 2.18. The lowest BCUT2D eigenvalue weighted by Crippen LogP contribution is -2.45. The molecule has 0 saturated carbocycles. The first-order valence-electron chi connectivity index (χ1n) is 11.7. The van der Waals surface area contributed by atoms with E-state index in [9.17, 15) is 9.59 Å². The van der Waals surface area contributed by atoms with Crippen LogP contribution in [0.2, 0.25) is 0 Å². The van der Waals surface area contributed by atoms with Crippen LogP contribution in [0.25, 0.3) is 0 Å². The predicted molar refractivity (Wildman–Crippen MR) is 137 cm³/mol. The van der Waals surface area contributed by atoms with Crippen molar-refractivity contribution in [3.8, 4) is 0 Å². The molecule has 0 unspecified atom stereocenters. The van der Waals surface area contributed by atoms with Crippen LogP contribution in [0, 0.1) is 0 Å². The molecule has 182 valence electrons. The van der Waals surface area contributed by atoms with E-state index in [1.54, 1.807) is 0 Å². The Morgan fingerprint density at radius 1 is 0.600 bits per heavy atom. The highest BCUT2D eigenvalue weighted by Crippen LogP contribution is 2.18. The summed E-state index contributed by atoms with van der Waals surface area (Å²) in [6.07, 6.45) is 2.13. The quantitative estimate of drug-likeness (QED) is 0.476. The van der Waals surface area contributed by atoms with Crippen LogP contribution in [0.15, 0.2) is 97.1 Å². The maximum absolute atomic E-state index is 9.55. The number of carboxylic acid groups (broad SMARTS) is 2. The number of rotatable bonds is 8. The van der Waals surface area contributed by atoms with E-state index in [2.05, 4.69) is 94.7 Å². The van der Waals surface area contributed by atoms with Gasteiger partial charge < -0.3 is 10.2 Å². The van der Waals surface area contributed by atoms with Crippen LogP contribution >= 0.6 is 0 Å². The molecule has 1 aliphatic rings. The van der Waals surface area contributed by atoms with Crippen LogP contribution in [0.4, 0.5) is 0 Å². The zero-order valence-corrected chi connectivity index (χ0v) is 19.8. The maximum Gasteiger partial charge on any atom is 0.328 e. The molecule has 1 fully saturated rings. The Kier molecular flexibility index (Phi) is 10.2. The van der Waals surface area contributed by atoms with Gasteiger partial charge in [-0.2, -0.15) is 0 Å². The first-order valence-corrected chi connectivity index (χ1v) is 11.7. The zero-order valence-electron chi connectivity index (χ0n) is 19.8. The van der Waals surface area contributed by atoms with Crippen molar-refractivity contribution in [3.05, 3.63) is 119 Å². The standard InChI is InChI=1S/C25H28N2.C4H4O4/c1-3-9-22(10-4-1)19-24-13-7-8-14-25(24)21-27-17-15-26(16-18-27)20-23-11-5-2-6-12-23;5-3(6)1-2-4(7)8/h1-14H,15-21H2;1-2H,(H,5,6)(H,7,8)/b;2-1-. The fourth-order valence-electron chi connectivity index (χ4n) is 4.03. The molecule has 0 radical (unpaired) electrons. The summed E-state index contributed by atoms with van der Waals surface area (Å²) in [5.74, 6) is -2.51. The molecule has 1 saturated heterocycles. The van der Waals surface area contributed by atoms with Gasteiger partial charge in [0.2, 0.25) is 0 Å². The smallest absolute Gasteiger partial charge is 0.328 e. The molecule has 2 N–H and O–H groups in total. The number of aliphatic carboxylic acids is 2. The van der Waals surface area contributed by atoms with Crippen molar-refractivity contribution in [3.63, 3.8) is 0 Å². The third-order valence-electron chi connectivity index (χ3n) is 5.83. The van der Waals surface area contributed by atoms with Gasteiger partial charge in [-0.05, 0) is 28.7 Å². The highest BCUT2D eigenvalue weighted by atomic mass is 16.4. The van der Waals surface area contributed by atoms with Crippen molar-refractivity contribution in [1.29, 1.82) is 0 Å². The molecule has 3 aromatic carbocycles. The van der Waals surface area contributed by atoms with E-state index in [0.29, 0.717) is 12.2 Å². The van der Waals surface area contributed by atoms with Crippen LogP contribution < -0.4 is 0 Å². The number of hydrogen-bond acceptors (Lipinski definition) is 4. The van der Waals surface area contributed by atoms with Crippen molar-refractivity contribution < 1.29 is 19.8 Å². The molecule has 0 bridgehead atoms. The Labute approximate surface area is 206 Å². The molecular formula is C29H32N2O4. The molecule has 0 aromatic heterocycles. The molecule has 0 amide bonds. The number of hydrogen-bond donors (Lipinski definition) is 2. The molecule has 4 rings (SSSR count). The molecule has 0 aliphatic carbocycles. The maximum atomic E-state index is 9.55. The summed E-state index contributed by atoms with van der Waals surface area (Å²) in [6, 6.07) is 30.5. The van der Waals surface area contributed by atoms with Crippen LogP contribution in [-0.2, 0) is 29.1 Å². The first kappa shape index (κ1) is 25.9. The van der Waals surface area contributed by atoms with Crippen LogP contribution in [0.1, 0.15) is 22.3 Å². The van der Waals surface area contributed by atoms with Crippen molar-refractivity contribution in [2.45, 2.75) is 19.5 Å². The third kappa shape index (κ3) is 9.57. The molecule has 0 atom stereocenters. The second kappa shape index (κ2) is 13.8. The summed E-state index contributed by atoms with van der Waals surface area (Å²) in [7, 11) is 0. The Morgan fingerprint density at radius 3 is 1.54 bits per heavy atom. The van der Waals surface area contributed by atoms with E-state index >= 15 is 0 Å². The summed E-state index contributed by atoms with van der Waals surface area (Å²) < 4.78 is 0. The third-order valence-corrected chi connectivity index (χ3v) is 5.83. The van der Waals surface area contributed by atoms with E-state index in [1.165, 1.54) is 22.3 Å². The van der Waals surface area contributed by atoms with E-state index < -0.39 is 11.9 Å². The monoisotopic (exact) mass is 472 g/mol. The zero-order chi connectivity index (χ0) is 24.9. The number of piperazine rings is 1. The average Bonchev–Trinajstić information content (AvgIpc) is 2.87. The second-order valence-electron chi connectivity index (χ2n) is 8.48. The normalized spacial score (nSPS) is 14.3. The minimum absolute atomic E-state index is 0.558. The Morgan fingerprint density at radius 2 is 1.03 bits per heavy atom. The van der Waals surface area contributed by atoms with Gasteiger partial charge in [-0.25, -0.2) is 9.59 Å². The predicted octanol–water partition coefficient (Wildman–Crippen LogP) is 4.31. The molecule has 3 aromatic rings. The van der Waals surface area contributed by atoms with Gasteiger partial charge in [-0.3, -0.25) is 9.80 Å². The van der Waals surface area contributed by atoms with Crippen molar-refractivity contribution in [1.82, 2.24) is 9.80 Å². The van der Waals surface area contributed by atoms with Gasteiger partial charge >= 0.3 is 11.9 Å². The SMILES string of the molecule is O=C(O)/C=C\C(=O)O.c1ccc(Cc2ccccc2CN2CCN(Cc3ccccc3)CC2)cc1. The summed E-state index contributed by atoms with van der Waals surface area (Å²) in [6.45, 7) is 6.71. The summed E-state index contributed by atoms with van der Waals surface area (Å²) in [5, 5.41) is 15.6. The number of carboxylic acids is 2. The molecule has 1 heterocycles. The highest BCUT2D eigenvalue weighted by molar-refractivity contribution is 5.89. The second-order valence-corrected chi connectivity index (χ2v) is 8.48. The van der Waals surface area contributed by atoms with Crippen LogP contribution in [0.5, 0.6) is 0 Å². The average molecular weight is 473 g/mol. The fraction of sp³-hybridized carbons (Fsp3) is 0.241. The number of nitrogens with zero attached hydrogens (tertiary/aromatic N) is 2. The summed E-state index contributed by atoms with van der Waals surface area (Å²) >= 11 is 0. The van der Waals surface area contributed by atoms with Gasteiger partial charge in [0.1, 0.15) is 0 Å². The largest absolute Gasteiger partial charge is 0.478 e. The lowest BCUT2D eigenvalue weighted by Gasteiger charge is -2.35. The van der Waals surface area contributed by atoms with Gasteiger partial charge in [0, 0.05) is 51.4 Å². The Balaban J connectivity index is 0.000000371. The number of carbonyl (C=O) groups is 2. The lowest BCUT2D eigenvalue weighted by molar-refractivity contribution is -0.134. The summed E-state index contributed by atoms with van der Waals surface area (Å²) in [5.41, 5.74) is 5.73. The minimum atomic E-state index is -1.26. The van der Waals surface area contributed by atoms with E-state index in [1.807, 2.05) is 0 Å². The first-order chi connectivity index (χ1) is 17.0. The van der Waals surface area contributed by atoms with Gasteiger partial charge in [-0.15, -0.1) is 0 Å². The van der Waals surface area contributed by atoms with Gasteiger partial charge in [-0.1, -0.05) is 84.9 Å². The van der Waals surface area contributed by atoms with Crippen LogP contribution in [-0.4, -0.2) is 58.1 Å². The van der Waals surface area contributed by atoms with E-state index in [4.69, 9.17) is 10.2 Å². The fourth-order valence-corrected chi connectivity index (χ4v) is 4.03. The number of benzene rings is 3. The molecular weight excluding hydrogens is 440 g/mol. The van der Waals surface area contributed by atoms with Crippen molar-refractivity contribution >= 4 is 11.9 Å². The van der Waals surface area contributed by atoms with Crippen molar-refractivity contribution in [2.75, 3.05) is 26.2 Å².